The van der Waals surface area contributed by atoms with Crippen molar-refractivity contribution in [2.45, 2.75) is 0 Å². The van der Waals surface area contributed by atoms with Crippen LogP contribution in [0.5, 0.6) is 0 Å². The van der Waals surface area contributed by atoms with E-state index in [4.69, 9.17) is 0 Å². The Balaban J connectivity index is 3.00. The van der Waals surface area contributed by atoms with Gasteiger partial charge in [-0.05, 0) is 0 Å². The summed E-state index contributed by atoms with van der Waals surface area (Å²) in [5, 5.41) is 0. The van der Waals surface area contributed by atoms with Gasteiger partial charge < -0.3 is 0 Å². The molecule has 0 aliphatic carbocycles. The molecule has 0 amide bonds. The van der Waals surface area contributed by atoms with Gasteiger partial charge in [0.1, 0.15) is 0 Å². The SMILES string of the molecule is [O]=[Mn]1(=[O])[O][Mn](=[O])(=[O])[O]1. The maximum absolute atomic E-state index is 9.75. The van der Waals surface area contributed by atoms with Gasteiger partial charge in [0.2, 0.25) is 0 Å². The van der Waals surface area contributed by atoms with E-state index in [1.54, 1.807) is 0 Å². The van der Waals surface area contributed by atoms with Crippen LogP contribution in [-0.2, 0) is 47.9 Å². The van der Waals surface area contributed by atoms with Crippen molar-refractivity contribution in [3.63, 3.8) is 0 Å². The third kappa shape index (κ3) is 1.11. The summed E-state index contributed by atoms with van der Waals surface area (Å²) in [6.45, 7) is 0. The zero-order valence-electron chi connectivity index (χ0n) is 3.21. The van der Waals surface area contributed by atoms with Gasteiger partial charge in [0.05, 0.1) is 0 Å². The molecule has 0 aromatic carbocycles. The van der Waals surface area contributed by atoms with E-state index in [1.165, 1.54) is 0 Å². The summed E-state index contributed by atoms with van der Waals surface area (Å²) < 4.78 is 45.7. The molecule has 0 atom stereocenters. The molecule has 0 spiro atoms. The van der Waals surface area contributed by atoms with E-state index in [2.05, 4.69) is 5.80 Å². The van der Waals surface area contributed by atoms with Crippen LogP contribution in [0.25, 0.3) is 0 Å². The molecule has 1 fully saturated rings. The maximum atomic E-state index is 9.75. The van der Waals surface area contributed by atoms with Gasteiger partial charge in [-0.15, -0.1) is 0 Å². The second-order valence-corrected chi connectivity index (χ2v) is 5.10. The van der Waals surface area contributed by atoms with Crippen LogP contribution in [0.15, 0.2) is 0 Å². The van der Waals surface area contributed by atoms with Crippen molar-refractivity contribution in [3.8, 4) is 0 Å². The predicted molar refractivity (Wildman–Crippen MR) is 4.92 cm³/mol. The van der Waals surface area contributed by atoms with Crippen LogP contribution in [-0.4, -0.2) is 0 Å². The van der Waals surface area contributed by atoms with Crippen molar-refractivity contribution >= 4 is 0 Å². The fourth-order valence-corrected chi connectivity index (χ4v) is 3.05. The summed E-state index contributed by atoms with van der Waals surface area (Å²) in [7, 11) is 0. The molecular weight excluding hydrogens is 206 g/mol. The van der Waals surface area contributed by atoms with Gasteiger partial charge in [0.25, 0.3) is 0 Å². The van der Waals surface area contributed by atoms with Gasteiger partial charge in [-0.3, -0.25) is 0 Å². The molecule has 1 aliphatic rings. The molecule has 1 rings (SSSR count). The Morgan fingerprint density at radius 3 is 1.00 bits per heavy atom. The van der Waals surface area contributed by atoms with Gasteiger partial charge >= 0.3 is 47.9 Å². The molecule has 8 heavy (non-hydrogen) atoms. The molecule has 0 saturated carbocycles. The van der Waals surface area contributed by atoms with E-state index in [0.29, 0.717) is 0 Å². The summed E-state index contributed by atoms with van der Waals surface area (Å²) in [4.78, 5) is 0. The first-order chi connectivity index (χ1) is 3.41. The molecular formula is Mn2O6. The Kier molecular flexibility index (Phi) is 1.06. The van der Waals surface area contributed by atoms with Crippen molar-refractivity contribution in [3.05, 3.63) is 0 Å². The Morgan fingerprint density at radius 1 is 0.750 bits per heavy atom. The van der Waals surface area contributed by atoms with E-state index in [9.17, 15) is 15.3 Å². The molecule has 6 nitrogen and oxygen atoms in total. The molecule has 1 heterocycles. The van der Waals surface area contributed by atoms with Crippen molar-refractivity contribution in [2.75, 3.05) is 0 Å². The van der Waals surface area contributed by atoms with Gasteiger partial charge in [-0.1, -0.05) is 0 Å². The zero-order chi connectivity index (χ0) is 6.41. The van der Waals surface area contributed by atoms with E-state index >= 15 is 0 Å². The van der Waals surface area contributed by atoms with Crippen molar-refractivity contribution in [1.29, 1.82) is 0 Å². The van der Waals surface area contributed by atoms with Gasteiger partial charge in [-0.25, -0.2) is 0 Å². The molecule has 1 aliphatic heterocycles. The Labute approximate surface area is 48.3 Å². The Morgan fingerprint density at radius 2 is 1.00 bits per heavy atom. The standard InChI is InChI=1S/2Mn.6O. The topological polar surface area (TPSA) is 86.7 Å². The minimum atomic E-state index is -4.66. The Hall–Kier alpha value is 0.159. The third-order valence-electron chi connectivity index (χ3n) is 0.286. The summed E-state index contributed by atoms with van der Waals surface area (Å²) in [6.07, 6.45) is 0. The normalized spacial score (nSPS) is 31.0. The molecule has 0 aromatic rings. The summed E-state index contributed by atoms with van der Waals surface area (Å²) >= 11 is -9.33. The minimum absolute atomic E-state index is 3.35. The molecule has 8 heteroatoms. The average molecular weight is 206 g/mol. The molecule has 50 valence electrons. The van der Waals surface area contributed by atoms with Crippen molar-refractivity contribution in [1.82, 2.24) is 0 Å². The van der Waals surface area contributed by atoms with Gasteiger partial charge in [-0.2, -0.15) is 0 Å². The van der Waals surface area contributed by atoms with Crippen LogP contribution < -0.4 is 0 Å². The molecule has 0 bridgehead atoms. The number of hydrogen-bond acceptors (Lipinski definition) is 6. The van der Waals surface area contributed by atoms with E-state index in [0.717, 1.165) is 0 Å². The summed E-state index contributed by atoms with van der Waals surface area (Å²) in [5.74, 6) is 0. The summed E-state index contributed by atoms with van der Waals surface area (Å²) in [5.41, 5.74) is 0. The molecule has 0 radical (unpaired) electrons. The van der Waals surface area contributed by atoms with E-state index < -0.39 is 26.7 Å². The van der Waals surface area contributed by atoms with Crippen LogP contribution in [0.1, 0.15) is 0 Å². The molecule has 1 saturated heterocycles. The fraction of sp³-hybridized carbons (Fsp3) is 0. The fourth-order valence-electron chi connectivity index (χ4n) is 0.179. The summed E-state index contributed by atoms with van der Waals surface area (Å²) in [6, 6.07) is 0. The Bertz CT molecular complexity index is 226. The number of rotatable bonds is 0. The average Bonchev–Trinajstić information content (AvgIpc) is 1.20. The second kappa shape index (κ2) is 1.35. The van der Waals surface area contributed by atoms with Crippen molar-refractivity contribution in [2.24, 2.45) is 0 Å². The first-order valence-electron chi connectivity index (χ1n) is 1.23. The van der Waals surface area contributed by atoms with Crippen molar-refractivity contribution < 1.29 is 47.9 Å². The third-order valence-corrected chi connectivity index (χ3v) is 4.86. The van der Waals surface area contributed by atoms with E-state index in [1.807, 2.05) is 0 Å². The number of hydrogen-bond donors (Lipinski definition) is 0. The first kappa shape index (κ1) is 6.28. The quantitative estimate of drug-likeness (QED) is 0.491. The zero-order valence-corrected chi connectivity index (χ0v) is 5.57. The second-order valence-electron chi connectivity index (χ2n) is 0.873. The molecule has 0 unspecified atom stereocenters. The van der Waals surface area contributed by atoms with Crippen LogP contribution >= 0.6 is 0 Å². The predicted octanol–water partition coefficient (Wildman–Crippen LogP) is -0.617. The van der Waals surface area contributed by atoms with Crippen LogP contribution in [0, 0.1) is 0 Å². The van der Waals surface area contributed by atoms with E-state index in [-0.39, 0.29) is 0 Å². The van der Waals surface area contributed by atoms with Crippen LogP contribution in [0.4, 0.5) is 0 Å². The van der Waals surface area contributed by atoms with Gasteiger partial charge in [0, 0.05) is 0 Å². The monoisotopic (exact) mass is 206 g/mol. The molecule has 0 N–H and O–H groups in total. The van der Waals surface area contributed by atoms with Crippen LogP contribution in [0.3, 0.4) is 0 Å². The first-order valence-corrected chi connectivity index (χ1v) is 5.09. The van der Waals surface area contributed by atoms with Gasteiger partial charge in [0.15, 0.2) is 0 Å². The van der Waals surface area contributed by atoms with Crippen LogP contribution in [0.2, 0.25) is 0 Å². The molecule has 0 aromatic heterocycles.